The fraction of sp³-hybridized carbons (Fsp3) is 0.200. The number of carbonyl (C=O) groups excluding carboxylic acids is 1. The van der Waals surface area contributed by atoms with Gasteiger partial charge in [0, 0.05) is 4.92 Å². The second-order valence-electron chi connectivity index (χ2n) is 1.98. The van der Waals surface area contributed by atoms with Crippen molar-refractivity contribution < 1.29 is 9.72 Å². The van der Waals surface area contributed by atoms with Crippen molar-refractivity contribution in [1.29, 1.82) is 0 Å². The number of nitrogens with two attached hydrogens (primary N) is 1. The molecule has 0 radical (unpaired) electrons. The van der Waals surface area contributed by atoms with Gasteiger partial charge in [-0.1, -0.05) is 0 Å². The summed E-state index contributed by atoms with van der Waals surface area (Å²) in [6, 6.07) is -1.40. The summed E-state index contributed by atoms with van der Waals surface area (Å²) >= 11 is 0. The predicted octanol–water partition coefficient (Wildman–Crippen LogP) is -0.915. The molecule has 0 aromatic rings. The van der Waals surface area contributed by atoms with E-state index >= 15 is 0 Å². The van der Waals surface area contributed by atoms with Gasteiger partial charge in [-0.05, 0) is 0 Å². The minimum absolute atomic E-state index is 0.172. The van der Waals surface area contributed by atoms with Crippen LogP contribution in [0.3, 0.4) is 0 Å². The minimum atomic E-state index is -1.40. The monoisotopic (exact) mass is 155 g/mol. The molecule has 0 fully saturated rings. The molecule has 0 bridgehead atoms. The average Bonchev–Trinajstić information content (AvgIpc) is 1.94. The lowest BCUT2D eigenvalue weighted by molar-refractivity contribution is -0.487. The van der Waals surface area contributed by atoms with Crippen LogP contribution in [0.25, 0.3) is 0 Å². The highest BCUT2D eigenvalue weighted by Gasteiger charge is 2.31. The number of ketones is 1. The lowest BCUT2D eigenvalue weighted by Crippen LogP contribution is -2.36. The molecule has 2 N–H and O–H groups in total. The standard InChI is InChI=1S/C5H5N3O3/c6-3-1-7-2-4(5(3)9)8(10)11/h1-2,4H,6H2. The number of Topliss-reactive ketones (excluding diaryl/α,β-unsaturated/α-hetero) is 1. The van der Waals surface area contributed by atoms with Crippen LogP contribution in [0.2, 0.25) is 0 Å². The van der Waals surface area contributed by atoms with Crippen LogP contribution >= 0.6 is 0 Å². The first-order valence-corrected chi connectivity index (χ1v) is 2.79. The van der Waals surface area contributed by atoms with Gasteiger partial charge in [-0.25, -0.2) is 0 Å². The Bertz CT molecular complexity index is 268. The number of nitro groups is 1. The molecule has 58 valence electrons. The van der Waals surface area contributed by atoms with Gasteiger partial charge in [-0.15, -0.1) is 0 Å². The third kappa shape index (κ3) is 1.23. The SMILES string of the molecule is NC1=CN=CC([N+](=O)[O-])C1=O. The van der Waals surface area contributed by atoms with Crippen LogP contribution in [-0.2, 0) is 4.79 Å². The molecule has 1 unspecified atom stereocenters. The molecule has 1 rings (SSSR count). The van der Waals surface area contributed by atoms with Crippen LogP contribution in [0.1, 0.15) is 0 Å². The fourth-order valence-corrected chi connectivity index (χ4v) is 0.657. The highest BCUT2D eigenvalue weighted by molar-refractivity contribution is 6.08. The molecule has 0 aliphatic carbocycles. The molecule has 1 aliphatic rings. The first-order chi connectivity index (χ1) is 5.13. The summed E-state index contributed by atoms with van der Waals surface area (Å²) in [5.74, 6) is -0.704. The van der Waals surface area contributed by atoms with Gasteiger partial charge in [0.15, 0.2) is 0 Å². The number of rotatable bonds is 1. The summed E-state index contributed by atoms with van der Waals surface area (Å²) in [5.41, 5.74) is 4.93. The highest BCUT2D eigenvalue weighted by atomic mass is 16.6. The molecule has 0 saturated carbocycles. The lowest BCUT2D eigenvalue weighted by Gasteiger charge is -2.05. The van der Waals surface area contributed by atoms with Crippen molar-refractivity contribution in [2.45, 2.75) is 6.04 Å². The van der Waals surface area contributed by atoms with Crippen LogP contribution in [0.15, 0.2) is 16.9 Å². The van der Waals surface area contributed by atoms with E-state index in [9.17, 15) is 14.9 Å². The maximum atomic E-state index is 10.8. The smallest absolute Gasteiger partial charge is 0.311 e. The molecule has 1 aliphatic heterocycles. The minimum Gasteiger partial charge on any atom is -0.394 e. The van der Waals surface area contributed by atoms with Gasteiger partial charge in [0.05, 0.1) is 12.4 Å². The maximum Gasteiger partial charge on any atom is 0.311 e. The zero-order chi connectivity index (χ0) is 8.43. The summed E-state index contributed by atoms with van der Waals surface area (Å²) in [6.07, 6.45) is 2.06. The molecule has 6 nitrogen and oxygen atoms in total. The normalized spacial score (nSPS) is 23.1. The first kappa shape index (κ1) is 7.39. The second kappa shape index (κ2) is 2.49. The maximum absolute atomic E-state index is 10.8. The van der Waals surface area contributed by atoms with Crippen LogP contribution in [0.4, 0.5) is 0 Å². The summed E-state index contributed by atoms with van der Waals surface area (Å²) in [6.45, 7) is 0. The predicted molar refractivity (Wildman–Crippen MR) is 36.6 cm³/mol. The van der Waals surface area contributed by atoms with Crippen LogP contribution < -0.4 is 5.73 Å². The van der Waals surface area contributed by atoms with E-state index in [2.05, 4.69) is 4.99 Å². The van der Waals surface area contributed by atoms with E-state index in [0.717, 1.165) is 12.4 Å². The Labute approximate surface area is 61.6 Å². The molecule has 0 aromatic carbocycles. The molecule has 0 saturated heterocycles. The van der Waals surface area contributed by atoms with E-state index in [1.165, 1.54) is 0 Å². The van der Waals surface area contributed by atoms with E-state index in [0.29, 0.717) is 0 Å². The quantitative estimate of drug-likeness (QED) is 0.391. The zero-order valence-electron chi connectivity index (χ0n) is 5.43. The highest BCUT2D eigenvalue weighted by Crippen LogP contribution is 2.01. The Balaban J connectivity index is 2.90. The van der Waals surface area contributed by atoms with Gasteiger partial charge in [-0.3, -0.25) is 19.9 Å². The van der Waals surface area contributed by atoms with Crippen LogP contribution in [0.5, 0.6) is 0 Å². The van der Waals surface area contributed by atoms with Crippen LogP contribution in [0, 0.1) is 10.1 Å². The van der Waals surface area contributed by atoms with E-state index in [-0.39, 0.29) is 5.70 Å². The topological polar surface area (TPSA) is 98.6 Å². The summed E-state index contributed by atoms with van der Waals surface area (Å²) in [4.78, 5) is 23.7. The van der Waals surface area contributed by atoms with Gasteiger partial charge < -0.3 is 5.73 Å². The van der Waals surface area contributed by atoms with Crippen molar-refractivity contribution in [2.24, 2.45) is 10.7 Å². The van der Waals surface area contributed by atoms with Crippen molar-refractivity contribution in [3.05, 3.63) is 22.0 Å². The van der Waals surface area contributed by atoms with E-state index < -0.39 is 16.7 Å². The zero-order valence-corrected chi connectivity index (χ0v) is 5.43. The molecular formula is C5H5N3O3. The largest absolute Gasteiger partial charge is 0.394 e. The lowest BCUT2D eigenvalue weighted by atomic mass is 10.1. The molecule has 0 spiro atoms. The number of hydrogen-bond acceptors (Lipinski definition) is 5. The van der Waals surface area contributed by atoms with Gasteiger partial charge in [0.25, 0.3) is 5.78 Å². The van der Waals surface area contributed by atoms with Gasteiger partial charge >= 0.3 is 6.04 Å². The Hall–Kier alpha value is -1.72. The third-order valence-electron chi connectivity index (χ3n) is 1.22. The molecule has 0 amide bonds. The second-order valence-corrected chi connectivity index (χ2v) is 1.98. The summed E-state index contributed by atoms with van der Waals surface area (Å²) < 4.78 is 0. The summed E-state index contributed by atoms with van der Waals surface area (Å²) in [5, 5.41) is 10.1. The van der Waals surface area contributed by atoms with Gasteiger partial charge in [-0.2, -0.15) is 0 Å². The third-order valence-corrected chi connectivity index (χ3v) is 1.22. The molecule has 1 atom stereocenters. The molecule has 0 aromatic heterocycles. The number of nitrogens with zero attached hydrogens (tertiary/aromatic N) is 2. The summed E-state index contributed by atoms with van der Waals surface area (Å²) in [7, 11) is 0. The number of carbonyl (C=O) groups is 1. The van der Waals surface area contributed by atoms with E-state index in [4.69, 9.17) is 5.73 Å². The molecule has 1 heterocycles. The van der Waals surface area contributed by atoms with Gasteiger partial charge in [0.1, 0.15) is 5.70 Å². The van der Waals surface area contributed by atoms with Crippen molar-refractivity contribution in [3.63, 3.8) is 0 Å². The Kier molecular flexibility index (Phi) is 1.67. The number of hydrogen-bond donors (Lipinski definition) is 1. The van der Waals surface area contributed by atoms with Crippen molar-refractivity contribution in [3.8, 4) is 0 Å². The Morgan fingerprint density at radius 1 is 1.73 bits per heavy atom. The Morgan fingerprint density at radius 3 is 2.82 bits per heavy atom. The average molecular weight is 155 g/mol. The van der Waals surface area contributed by atoms with Crippen molar-refractivity contribution in [1.82, 2.24) is 0 Å². The molecule has 6 heteroatoms. The number of aliphatic imine (C=N–C) groups is 1. The Morgan fingerprint density at radius 2 is 2.36 bits per heavy atom. The first-order valence-electron chi connectivity index (χ1n) is 2.79. The van der Waals surface area contributed by atoms with Gasteiger partial charge in [0.2, 0.25) is 0 Å². The molecule has 11 heavy (non-hydrogen) atoms. The van der Waals surface area contributed by atoms with Crippen molar-refractivity contribution >= 4 is 12.0 Å². The van der Waals surface area contributed by atoms with E-state index in [1.54, 1.807) is 0 Å². The van der Waals surface area contributed by atoms with Crippen LogP contribution in [-0.4, -0.2) is 23.0 Å². The van der Waals surface area contributed by atoms with Crippen molar-refractivity contribution in [2.75, 3.05) is 0 Å². The fourth-order valence-electron chi connectivity index (χ4n) is 0.657. The van der Waals surface area contributed by atoms with E-state index in [1.807, 2.05) is 0 Å². The molecular weight excluding hydrogens is 150 g/mol.